The fourth-order valence-corrected chi connectivity index (χ4v) is 3.95. The molecule has 1 unspecified atom stereocenters. The summed E-state index contributed by atoms with van der Waals surface area (Å²) >= 11 is 0. The zero-order valence-corrected chi connectivity index (χ0v) is 17.1. The lowest BCUT2D eigenvalue weighted by Gasteiger charge is -2.36. The van der Waals surface area contributed by atoms with Crippen molar-refractivity contribution in [3.8, 4) is 12.3 Å². The molecule has 1 aromatic rings. The zero-order chi connectivity index (χ0) is 22.2. The van der Waals surface area contributed by atoms with Gasteiger partial charge in [0.25, 0.3) is 0 Å². The van der Waals surface area contributed by atoms with Crippen molar-refractivity contribution in [2.75, 3.05) is 18.6 Å². The number of amides is 1. The molecule has 2 aliphatic heterocycles. The standard InChI is InChI=1S/C22H22N2O6/c1-6-11-24-15-10-8-7-9-14(15)22(21(24)27)16(20(26)29-12(2)3)13(4)30-18(23)17(22)19(25)28-5/h1,7-10,12H,11,23H2,2-5H3. The van der Waals surface area contributed by atoms with E-state index in [-0.39, 0.29) is 29.3 Å². The van der Waals surface area contributed by atoms with E-state index in [1.54, 1.807) is 38.1 Å². The molecule has 0 radical (unpaired) electrons. The molecule has 1 spiro atoms. The van der Waals surface area contributed by atoms with Crippen LogP contribution in [0.4, 0.5) is 5.69 Å². The Bertz CT molecular complexity index is 1050. The topological polar surface area (TPSA) is 108 Å². The second-order valence-electron chi connectivity index (χ2n) is 7.08. The first-order valence-electron chi connectivity index (χ1n) is 9.25. The van der Waals surface area contributed by atoms with Crippen molar-refractivity contribution in [2.45, 2.75) is 32.3 Å². The number of methoxy groups -OCH3 is 1. The molecule has 2 heterocycles. The minimum atomic E-state index is -1.90. The van der Waals surface area contributed by atoms with Crippen LogP contribution in [0.2, 0.25) is 0 Å². The normalized spacial score (nSPS) is 20.3. The van der Waals surface area contributed by atoms with E-state index in [1.165, 1.54) is 11.8 Å². The third-order valence-electron chi connectivity index (χ3n) is 4.96. The van der Waals surface area contributed by atoms with E-state index in [0.717, 1.165) is 7.11 Å². The van der Waals surface area contributed by atoms with Crippen LogP contribution in [0.5, 0.6) is 0 Å². The average molecular weight is 410 g/mol. The van der Waals surface area contributed by atoms with E-state index in [4.69, 9.17) is 26.4 Å². The van der Waals surface area contributed by atoms with E-state index in [2.05, 4.69) is 5.92 Å². The number of ether oxygens (including phenoxy) is 3. The van der Waals surface area contributed by atoms with Gasteiger partial charge in [-0.1, -0.05) is 24.1 Å². The molecule has 0 saturated heterocycles. The number of rotatable bonds is 4. The van der Waals surface area contributed by atoms with Gasteiger partial charge in [-0.05, 0) is 26.8 Å². The summed E-state index contributed by atoms with van der Waals surface area (Å²) in [6.07, 6.45) is 5.00. The van der Waals surface area contributed by atoms with Gasteiger partial charge in [0.15, 0.2) is 0 Å². The van der Waals surface area contributed by atoms with Crippen LogP contribution in [0.15, 0.2) is 47.1 Å². The van der Waals surface area contributed by atoms with Gasteiger partial charge in [0.05, 0.1) is 19.8 Å². The first-order chi connectivity index (χ1) is 14.2. The Hall–Kier alpha value is -3.73. The molecule has 0 aromatic heterocycles. The van der Waals surface area contributed by atoms with Crippen molar-refractivity contribution in [3.05, 3.63) is 52.6 Å². The summed E-state index contributed by atoms with van der Waals surface area (Å²) in [5.74, 6) is -0.151. The fourth-order valence-electron chi connectivity index (χ4n) is 3.95. The molecule has 0 aliphatic carbocycles. The molecule has 156 valence electrons. The summed E-state index contributed by atoms with van der Waals surface area (Å²) in [4.78, 5) is 41.2. The van der Waals surface area contributed by atoms with Gasteiger partial charge in [-0.3, -0.25) is 9.69 Å². The maximum Gasteiger partial charge on any atom is 0.340 e. The number of nitrogens with zero attached hydrogens (tertiary/aromatic N) is 1. The maximum atomic E-state index is 13.9. The summed E-state index contributed by atoms with van der Waals surface area (Å²) in [6, 6.07) is 6.73. The first-order valence-corrected chi connectivity index (χ1v) is 9.25. The summed E-state index contributed by atoms with van der Waals surface area (Å²) in [5.41, 5.74) is 4.56. The number of fused-ring (bicyclic) bond motifs is 2. The predicted molar refractivity (Wildman–Crippen MR) is 108 cm³/mol. The Balaban J connectivity index is 2.43. The van der Waals surface area contributed by atoms with Crippen molar-refractivity contribution in [3.63, 3.8) is 0 Å². The minimum Gasteiger partial charge on any atom is -0.465 e. The lowest BCUT2D eigenvalue weighted by Crippen LogP contribution is -2.51. The fraction of sp³-hybridized carbons (Fsp3) is 0.318. The quantitative estimate of drug-likeness (QED) is 0.592. The smallest absolute Gasteiger partial charge is 0.340 e. The highest BCUT2D eigenvalue weighted by atomic mass is 16.5. The third-order valence-corrected chi connectivity index (χ3v) is 4.96. The number of para-hydroxylation sites is 1. The molecule has 30 heavy (non-hydrogen) atoms. The van der Waals surface area contributed by atoms with Crippen molar-refractivity contribution in [1.82, 2.24) is 0 Å². The van der Waals surface area contributed by atoms with Crippen molar-refractivity contribution >= 4 is 23.5 Å². The molecule has 0 fully saturated rings. The van der Waals surface area contributed by atoms with Crippen molar-refractivity contribution in [1.29, 1.82) is 0 Å². The number of benzene rings is 1. The second-order valence-corrected chi connectivity index (χ2v) is 7.08. The van der Waals surface area contributed by atoms with Crippen LogP contribution >= 0.6 is 0 Å². The summed E-state index contributed by atoms with van der Waals surface area (Å²) < 4.78 is 15.8. The van der Waals surface area contributed by atoms with E-state index < -0.39 is 29.4 Å². The molecular formula is C22H22N2O6. The van der Waals surface area contributed by atoms with Gasteiger partial charge < -0.3 is 19.9 Å². The number of hydrogen-bond donors (Lipinski definition) is 1. The van der Waals surface area contributed by atoms with Gasteiger partial charge in [-0.25, -0.2) is 9.59 Å². The van der Waals surface area contributed by atoms with Crippen molar-refractivity contribution < 1.29 is 28.6 Å². The molecule has 1 atom stereocenters. The number of carbonyl (C=O) groups excluding carboxylic acids is 3. The van der Waals surface area contributed by atoms with E-state index >= 15 is 0 Å². The van der Waals surface area contributed by atoms with Crippen LogP contribution in [-0.4, -0.2) is 37.6 Å². The van der Waals surface area contributed by atoms with Gasteiger partial charge in [-0.15, -0.1) is 6.42 Å². The molecule has 1 amide bonds. The van der Waals surface area contributed by atoms with Crippen LogP contribution in [0, 0.1) is 12.3 Å². The number of carbonyl (C=O) groups is 3. The van der Waals surface area contributed by atoms with Gasteiger partial charge >= 0.3 is 11.9 Å². The molecule has 1 aromatic carbocycles. The summed E-state index contributed by atoms with van der Waals surface area (Å²) in [5, 5.41) is 0. The van der Waals surface area contributed by atoms with Crippen molar-refractivity contribution in [2.24, 2.45) is 5.73 Å². The molecule has 8 nitrogen and oxygen atoms in total. The van der Waals surface area contributed by atoms with Crippen LogP contribution < -0.4 is 10.6 Å². The zero-order valence-electron chi connectivity index (χ0n) is 17.1. The highest BCUT2D eigenvalue weighted by Crippen LogP contribution is 2.54. The lowest BCUT2D eigenvalue weighted by atomic mass is 9.67. The maximum absolute atomic E-state index is 13.9. The Kier molecular flexibility index (Phi) is 5.31. The summed E-state index contributed by atoms with van der Waals surface area (Å²) in [6.45, 7) is 4.76. The Morgan fingerprint density at radius 3 is 2.53 bits per heavy atom. The third kappa shape index (κ3) is 2.82. The Morgan fingerprint density at radius 1 is 1.27 bits per heavy atom. The molecule has 2 N–H and O–H groups in total. The van der Waals surface area contributed by atoms with Gasteiger partial charge in [-0.2, -0.15) is 0 Å². The number of allylic oxidation sites excluding steroid dienone is 1. The Morgan fingerprint density at radius 2 is 1.93 bits per heavy atom. The average Bonchev–Trinajstić information content (AvgIpc) is 2.91. The number of esters is 2. The predicted octanol–water partition coefficient (Wildman–Crippen LogP) is 1.50. The highest BCUT2D eigenvalue weighted by Gasteiger charge is 2.63. The molecule has 2 aliphatic rings. The van der Waals surface area contributed by atoms with Gasteiger partial charge in [0, 0.05) is 11.3 Å². The van der Waals surface area contributed by atoms with Gasteiger partial charge in [0.2, 0.25) is 11.8 Å². The number of hydrogen-bond acceptors (Lipinski definition) is 7. The molecule has 0 saturated carbocycles. The molecule has 8 heteroatoms. The van der Waals surface area contributed by atoms with Crippen LogP contribution in [0.25, 0.3) is 0 Å². The first kappa shape index (κ1) is 21.0. The van der Waals surface area contributed by atoms with E-state index in [1.807, 2.05) is 0 Å². The molecule has 0 bridgehead atoms. The minimum absolute atomic E-state index is 0.0523. The molecular weight excluding hydrogens is 388 g/mol. The van der Waals surface area contributed by atoms with Crippen LogP contribution in [0.1, 0.15) is 26.3 Å². The van der Waals surface area contributed by atoms with E-state index in [9.17, 15) is 14.4 Å². The Labute approximate surface area is 174 Å². The highest BCUT2D eigenvalue weighted by molar-refractivity contribution is 6.22. The number of terminal acetylenes is 1. The summed E-state index contributed by atoms with van der Waals surface area (Å²) in [7, 11) is 1.15. The number of anilines is 1. The number of nitrogens with two attached hydrogens (primary N) is 1. The largest absolute Gasteiger partial charge is 0.465 e. The molecule has 3 rings (SSSR count). The van der Waals surface area contributed by atoms with Gasteiger partial charge in [0.1, 0.15) is 22.3 Å². The SMILES string of the molecule is C#CCN1C(=O)C2(C(C(=O)OC(C)C)=C(C)OC(N)=C2C(=O)OC)c2ccccc21. The lowest BCUT2D eigenvalue weighted by molar-refractivity contribution is -0.145. The van der Waals surface area contributed by atoms with E-state index in [0.29, 0.717) is 11.3 Å². The second kappa shape index (κ2) is 7.59. The monoisotopic (exact) mass is 410 g/mol. The van der Waals surface area contributed by atoms with Crippen LogP contribution in [0.3, 0.4) is 0 Å². The van der Waals surface area contributed by atoms with Crippen LogP contribution in [-0.2, 0) is 34.0 Å².